The summed E-state index contributed by atoms with van der Waals surface area (Å²) in [5.74, 6) is -0.0903. The molecule has 0 aliphatic rings. The van der Waals surface area contributed by atoms with Crippen LogP contribution in [-0.4, -0.2) is 11.2 Å². The summed E-state index contributed by atoms with van der Waals surface area (Å²) in [6.07, 6.45) is 1.70. The Bertz CT molecular complexity index is 1040. The topological polar surface area (TPSA) is 63.2 Å². The number of hydrogen-bond acceptors (Lipinski definition) is 3. The molecule has 4 heteroatoms. The van der Waals surface area contributed by atoms with Gasteiger partial charge in [0.2, 0.25) is 0 Å². The molecule has 0 aliphatic heterocycles. The van der Waals surface area contributed by atoms with Gasteiger partial charge in [-0.25, -0.2) is 0 Å². The maximum atomic E-state index is 11.8. The molecule has 1 heterocycles. The monoisotopic (exact) mass is 326 g/mol. The van der Waals surface area contributed by atoms with Gasteiger partial charge in [0.25, 0.3) is 0 Å². The van der Waals surface area contributed by atoms with Gasteiger partial charge in [-0.2, -0.15) is 0 Å². The molecule has 0 amide bonds. The first-order chi connectivity index (χ1) is 12.3. The summed E-state index contributed by atoms with van der Waals surface area (Å²) in [6.45, 7) is 0. The average molecular weight is 326 g/mol. The highest BCUT2D eigenvalue weighted by Gasteiger charge is 2.10. The Balaban J connectivity index is 1.78. The van der Waals surface area contributed by atoms with Crippen LogP contribution >= 0.6 is 0 Å². The van der Waals surface area contributed by atoms with Crippen molar-refractivity contribution in [2.75, 3.05) is 5.32 Å². The lowest BCUT2D eigenvalue weighted by molar-refractivity contribution is -0.267. The molecule has 0 saturated heterocycles. The van der Waals surface area contributed by atoms with E-state index in [1.165, 1.54) is 6.07 Å². The van der Waals surface area contributed by atoms with E-state index in [0.29, 0.717) is 5.69 Å². The van der Waals surface area contributed by atoms with Gasteiger partial charge in [0.1, 0.15) is 0 Å². The fourth-order valence-corrected chi connectivity index (χ4v) is 2.76. The second-order valence-corrected chi connectivity index (χ2v) is 5.68. The number of aromatic amines is 1. The number of nitrogens with one attached hydrogen (secondary N) is 2. The van der Waals surface area contributed by atoms with Gasteiger partial charge in [-0.3, -0.25) is 4.99 Å². The van der Waals surface area contributed by atoms with Crippen LogP contribution in [0.25, 0.3) is 10.9 Å². The van der Waals surface area contributed by atoms with Gasteiger partial charge < -0.3 is 15.4 Å². The second kappa shape index (κ2) is 6.53. The zero-order valence-electron chi connectivity index (χ0n) is 13.4. The first-order valence-electron chi connectivity index (χ1n) is 8.04. The van der Waals surface area contributed by atoms with Crippen LogP contribution in [0.2, 0.25) is 0 Å². The summed E-state index contributed by atoms with van der Waals surface area (Å²) >= 11 is 0. The average Bonchev–Trinajstić information content (AvgIpc) is 3.00. The number of fused-ring (bicyclic) bond motifs is 1. The molecule has 2 N–H and O–H groups in total. The highest BCUT2D eigenvalue weighted by molar-refractivity contribution is 6.04. The van der Waals surface area contributed by atoms with Crippen LogP contribution in [0.5, 0.6) is 5.75 Å². The van der Waals surface area contributed by atoms with Crippen LogP contribution in [-0.2, 0) is 0 Å². The van der Waals surface area contributed by atoms with Crippen molar-refractivity contribution in [3.05, 3.63) is 84.6 Å². The van der Waals surface area contributed by atoms with Crippen molar-refractivity contribution in [3.8, 4) is 5.75 Å². The summed E-state index contributed by atoms with van der Waals surface area (Å²) < 4.78 is 0. The van der Waals surface area contributed by atoms with E-state index in [0.717, 1.165) is 28.0 Å². The van der Waals surface area contributed by atoms with Gasteiger partial charge in [-0.1, -0.05) is 60.3 Å². The number of aliphatic imine (C=N–C) groups is 1. The lowest BCUT2D eigenvalue weighted by atomic mass is 10.2. The third-order valence-corrected chi connectivity index (χ3v) is 3.98. The summed E-state index contributed by atoms with van der Waals surface area (Å²) in [5, 5.41) is 16.4. The standard InChI is InChI=1S/C21H17N3O/c25-20-13-7-6-12-18(20)22-14-19-21(23-15-8-2-1-3-9-15)16-10-4-5-11-17(16)24-19/h1-14,23-25H/p-1. The van der Waals surface area contributed by atoms with Gasteiger partial charge in [0, 0.05) is 16.6 Å². The molecule has 0 radical (unpaired) electrons. The van der Waals surface area contributed by atoms with Crippen LogP contribution in [0, 0.1) is 0 Å². The molecule has 122 valence electrons. The van der Waals surface area contributed by atoms with E-state index in [1.807, 2.05) is 54.6 Å². The lowest BCUT2D eigenvalue weighted by Gasteiger charge is -2.08. The van der Waals surface area contributed by atoms with Crippen molar-refractivity contribution < 1.29 is 5.11 Å². The summed E-state index contributed by atoms with van der Waals surface area (Å²) in [5.41, 5.74) is 4.19. The molecule has 0 aliphatic carbocycles. The minimum atomic E-state index is -0.0903. The molecule has 0 spiro atoms. The van der Waals surface area contributed by atoms with E-state index in [4.69, 9.17) is 0 Å². The molecule has 0 unspecified atom stereocenters. The number of nitrogens with zero attached hydrogens (tertiary/aromatic N) is 1. The van der Waals surface area contributed by atoms with Gasteiger partial charge in [-0.05, 0) is 24.3 Å². The maximum Gasteiger partial charge on any atom is 0.0816 e. The van der Waals surface area contributed by atoms with Crippen molar-refractivity contribution in [2.24, 2.45) is 4.99 Å². The molecule has 0 bridgehead atoms. The molecule has 1 aromatic heterocycles. The highest BCUT2D eigenvalue weighted by atomic mass is 16.3. The van der Waals surface area contributed by atoms with Crippen molar-refractivity contribution in [1.29, 1.82) is 0 Å². The number of benzene rings is 3. The van der Waals surface area contributed by atoms with Gasteiger partial charge in [0.15, 0.2) is 0 Å². The molecule has 0 fully saturated rings. The number of H-pyrrole nitrogens is 1. The zero-order chi connectivity index (χ0) is 17.1. The largest absolute Gasteiger partial charge is 0.871 e. The number of hydrogen-bond donors (Lipinski definition) is 2. The Labute approximate surface area is 145 Å². The molecular weight excluding hydrogens is 310 g/mol. The number of anilines is 2. The number of rotatable bonds is 4. The smallest absolute Gasteiger partial charge is 0.0816 e. The Morgan fingerprint density at radius 1 is 0.840 bits per heavy atom. The first-order valence-corrected chi connectivity index (χ1v) is 8.04. The maximum absolute atomic E-state index is 11.8. The molecule has 0 saturated carbocycles. The fraction of sp³-hybridized carbons (Fsp3) is 0. The summed E-state index contributed by atoms with van der Waals surface area (Å²) in [4.78, 5) is 7.73. The molecule has 3 aromatic carbocycles. The predicted molar refractivity (Wildman–Crippen MR) is 101 cm³/mol. The lowest BCUT2D eigenvalue weighted by Crippen LogP contribution is -1.94. The third-order valence-electron chi connectivity index (χ3n) is 3.98. The van der Waals surface area contributed by atoms with Crippen LogP contribution in [0.1, 0.15) is 5.69 Å². The van der Waals surface area contributed by atoms with Crippen LogP contribution in [0.4, 0.5) is 17.1 Å². The molecule has 4 rings (SSSR count). The van der Waals surface area contributed by atoms with Crippen LogP contribution in [0.3, 0.4) is 0 Å². The van der Waals surface area contributed by atoms with Crippen molar-refractivity contribution in [3.63, 3.8) is 0 Å². The minimum absolute atomic E-state index is 0.0903. The SMILES string of the molecule is [O-]c1ccccc1N=Cc1[nH]c2ccccc2c1Nc1ccccc1. The fourth-order valence-electron chi connectivity index (χ4n) is 2.76. The van der Waals surface area contributed by atoms with Gasteiger partial charge in [0.05, 0.1) is 23.3 Å². The summed E-state index contributed by atoms with van der Waals surface area (Å²) in [7, 11) is 0. The minimum Gasteiger partial charge on any atom is -0.871 e. The van der Waals surface area contributed by atoms with E-state index in [2.05, 4.69) is 21.4 Å². The van der Waals surface area contributed by atoms with E-state index in [-0.39, 0.29) is 5.75 Å². The number of aromatic nitrogens is 1. The van der Waals surface area contributed by atoms with Crippen LogP contribution < -0.4 is 10.4 Å². The normalized spacial score (nSPS) is 11.2. The molecule has 0 atom stereocenters. The summed E-state index contributed by atoms with van der Waals surface area (Å²) in [6, 6.07) is 24.8. The first kappa shape index (κ1) is 15.0. The number of para-hydroxylation sites is 4. The zero-order valence-corrected chi connectivity index (χ0v) is 13.4. The van der Waals surface area contributed by atoms with Gasteiger partial charge in [-0.15, -0.1) is 0 Å². The van der Waals surface area contributed by atoms with E-state index in [9.17, 15) is 5.11 Å². The molecular formula is C21H16N3O-. The van der Waals surface area contributed by atoms with E-state index < -0.39 is 0 Å². The van der Waals surface area contributed by atoms with Crippen molar-refractivity contribution in [1.82, 2.24) is 4.98 Å². The van der Waals surface area contributed by atoms with Gasteiger partial charge >= 0.3 is 0 Å². The Morgan fingerprint density at radius 2 is 1.56 bits per heavy atom. The third kappa shape index (κ3) is 3.10. The van der Waals surface area contributed by atoms with E-state index >= 15 is 0 Å². The highest BCUT2D eigenvalue weighted by Crippen LogP contribution is 2.30. The quantitative estimate of drug-likeness (QED) is 0.532. The molecule has 4 nitrogen and oxygen atoms in total. The second-order valence-electron chi connectivity index (χ2n) is 5.68. The molecule has 4 aromatic rings. The van der Waals surface area contributed by atoms with Crippen molar-refractivity contribution >= 4 is 34.2 Å². The van der Waals surface area contributed by atoms with Crippen LogP contribution in [0.15, 0.2) is 83.9 Å². The Morgan fingerprint density at radius 3 is 2.40 bits per heavy atom. The Hall–Kier alpha value is -3.53. The van der Waals surface area contributed by atoms with E-state index in [1.54, 1.807) is 18.3 Å². The molecule has 25 heavy (non-hydrogen) atoms. The Kier molecular flexibility index (Phi) is 3.92. The van der Waals surface area contributed by atoms with Crippen molar-refractivity contribution in [2.45, 2.75) is 0 Å². The predicted octanol–water partition coefficient (Wildman–Crippen LogP) is 4.74.